The molecule has 0 N–H and O–H groups in total. The second kappa shape index (κ2) is 8.77. The Kier molecular flexibility index (Phi) is 5.70. The molecule has 2 amide bonds. The second-order valence-electron chi connectivity index (χ2n) is 8.09. The van der Waals surface area contributed by atoms with Gasteiger partial charge in [0, 0.05) is 43.7 Å². The maximum Gasteiger partial charge on any atom is 0.264 e. The molecule has 3 aromatic rings. The third-order valence-electron chi connectivity index (χ3n) is 6.14. The lowest BCUT2D eigenvalue weighted by atomic mass is 9.95. The van der Waals surface area contributed by atoms with Crippen LogP contribution in [-0.4, -0.2) is 66.0 Å². The number of ether oxygens (including phenoxy) is 1. The van der Waals surface area contributed by atoms with Crippen molar-refractivity contribution >= 4 is 33.4 Å². The van der Waals surface area contributed by atoms with Gasteiger partial charge in [0.25, 0.3) is 5.91 Å². The van der Waals surface area contributed by atoms with E-state index >= 15 is 0 Å². The van der Waals surface area contributed by atoms with E-state index in [0.29, 0.717) is 39.3 Å². The quantitative estimate of drug-likeness (QED) is 0.631. The number of likely N-dealkylation sites (tertiary alicyclic amines) is 1. The molecule has 0 bridgehead atoms. The maximum atomic E-state index is 13.4. The van der Waals surface area contributed by atoms with Gasteiger partial charge in [-0.3, -0.25) is 9.59 Å². The van der Waals surface area contributed by atoms with Crippen LogP contribution in [0.4, 0.5) is 0 Å². The highest BCUT2D eigenvalue weighted by Crippen LogP contribution is 2.40. The van der Waals surface area contributed by atoms with Crippen molar-refractivity contribution in [2.45, 2.75) is 18.8 Å². The Morgan fingerprint density at radius 2 is 1.84 bits per heavy atom. The van der Waals surface area contributed by atoms with E-state index in [0.717, 1.165) is 39.2 Å². The van der Waals surface area contributed by atoms with Crippen molar-refractivity contribution in [3.8, 4) is 0 Å². The van der Waals surface area contributed by atoms with Crippen molar-refractivity contribution in [2.75, 3.05) is 39.4 Å². The Balaban J connectivity index is 1.40. The third kappa shape index (κ3) is 4.07. The molecule has 160 valence electrons. The van der Waals surface area contributed by atoms with Crippen molar-refractivity contribution < 1.29 is 14.3 Å². The van der Waals surface area contributed by atoms with Crippen molar-refractivity contribution in [1.82, 2.24) is 14.8 Å². The molecule has 5 rings (SSSR count). The Hall–Kier alpha value is -2.77. The molecular formula is C24H25N3O3S. The van der Waals surface area contributed by atoms with Gasteiger partial charge in [-0.05, 0) is 23.6 Å². The zero-order valence-electron chi connectivity index (χ0n) is 17.3. The van der Waals surface area contributed by atoms with Crippen LogP contribution >= 0.6 is 11.3 Å². The zero-order chi connectivity index (χ0) is 21.2. The minimum Gasteiger partial charge on any atom is -0.378 e. The number of thiophene rings is 1. The average Bonchev–Trinajstić information content (AvgIpc) is 3.44. The lowest BCUT2D eigenvalue weighted by molar-refractivity contribution is -0.129. The molecule has 2 fully saturated rings. The van der Waals surface area contributed by atoms with Gasteiger partial charge in [-0.25, -0.2) is 4.98 Å². The van der Waals surface area contributed by atoms with E-state index in [4.69, 9.17) is 4.74 Å². The highest BCUT2D eigenvalue weighted by Gasteiger charge is 2.34. The maximum absolute atomic E-state index is 13.4. The number of pyridine rings is 1. The van der Waals surface area contributed by atoms with Gasteiger partial charge in [0.2, 0.25) is 5.91 Å². The summed E-state index contributed by atoms with van der Waals surface area (Å²) >= 11 is 1.48. The van der Waals surface area contributed by atoms with E-state index in [1.165, 1.54) is 11.3 Å². The summed E-state index contributed by atoms with van der Waals surface area (Å²) in [4.78, 5) is 36.3. The van der Waals surface area contributed by atoms with Gasteiger partial charge in [-0.1, -0.05) is 36.4 Å². The predicted molar refractivity (Wildman–Crippen MR) is 120 cm³/mol. The number of nitrogens with zero attached hydrogens (tertiary/aromatic N) is 3. The van der Waals surface area contributed by atoms with Gasteiger partial charge in [0.15, 0.2) is 0 Å². The van der Waals surface area contributed by atoms with Gasteiger partial charge < -0.3 is 14.5 Å². The fourth-order valence-electron chi connectivity index (χ4n) is 4.53. The van der Waals surface area contributed by atoms with Crippen molar-refractivity contribution in [3.05, 3.63) is 64.7 Å². The predicted octanol–water partition coefficient (Wildman–Crippen LogP) is 3.33. The molecule has 31 heavy (non-hydrogen) atoms. The number of benzene rings is 1. The SMILES string of the molecule is O=C(Cc1ccccc1)N1CC[C@@H](c2c(C(=O)N3CCOCC3)sc3ncccc23)C1. The number of carbonyl (C=O) groups is 2. The highest BCUT2D eigenvalue weighted by molar-refractivity contribution is 7.20. The molecule has 1 aromatic carbocycles. The summed E-state index contributed by atoms with van der Waals surface area (Å²) in [6, 6.07) is 13.8. The van der Waals surface area contributed by atoms with Gasteiger partial charge in [0.05, 0.1) is 24.5 Å². The highest BCUT2D eigenvalue weighted by atomic mass is 32.1. The van der Waals surface area contributed by atoms with Crippen LogP contribution in [0.25, 0.3) is 10.2 Å². The molecule has 0 aliphatic carbocycles. The fourth-order valence-corrected chi connectivity index (χ4v) is 5.73. The van der Waals surface area contributed by atoms with Crippen molar-refractivity contribution in [3.63, 3.8) is 0 Å². The number of rotatable bonds is 4. The van der Waals surface area contributed by atoms with Gasteiger partial charge in [-0.15, -0.1) is 11.3 Å². The van der Waals surface area contributed by atoms with Gasteiger partial charge in [-0.2, -0.15) is 0 Å². The lowest BCUT2D eigenvalue weighted by Crippen LogP contribution is -2.40. The van der Waals surface area contributed by atoms with Crippen molar-refractivity contribution in [2.24, 2.45) is 0 Å². The second-order valence-corrected chi connectivity index (χ2v) is 9.09. The van der Waals surface area contributed by atoms with Crippen LogP contribution in [0.5, 0.6) is 0 Å². The Bertz CT molecular complexity index is 1090. The molecule has 0 saturated carbocycles. The monoisotopic (exact) mass is 435 g/mol. The van der Waals surface area contributed by atoms with E-state index in [9.17, 15) is 9.59 Å². The first kappa shape index (κ1) is 20.2. The summed E-state index contributed by atoms with van der Waals surface area (Å²) in [5.41, 5.74) is 2.10. The zero-order valence-corrected chi connectivity index (χ0v) is 18.1. The van der Waals surface area contributed by atoms with E-state index < -0.39 is 0 Å². The minimum absolute atomic E-state index is 0.0652. The number of amides is 2. The van der Waals surface area contributed by atoms with E-state index in [-0.39, 0.29) is 17.7 Å². The molecule has 6 nitrogen and oxygen atoms in total. The van der Waals surface area contributed by atoms with Crippen LogP contribution < -0.4 is 0 Å². The van der Waals surface area contributed by atoms with Crippen molar-refractivity contribution in [1.29, 1.82) is 0 Å². The fraction of sp³-hybridized carbons (Fsp3) is 0.375. The van der Waals surface area contributed by atoms with Crippen LogP contribution in [0.3, 0.4) is 0 Å². The summed E-state index contributed by atoms with van der Waals surface area (Å²) in [5.74, 6) is 0.362. The molecule has 2 aliphatic heterocycles. The molecule has 2 aliphatic rings. The van der Waals surface area contributed by atoms with E-state index in [2.05, 4.69) is 11.1 Å². The third-order valence-corrected chi connectivity index (χ3v) is 7.26. The largest absolute Gasteiger partial charge is 0.378 e. The van der Waals surface area contributed by atoms with Crippen LogP contribution in [0.15, 0.2) is 48.7 Å². The standard InChI is InChI=1S/C24H25N3O3S/c28-20(15-17-5-2-1-3-6-17)27-10-8-18(16-27)21-19-7-4-9-25-23(19)31-22(21)24(29)26-11-13-30-14-12-26/h1-7,9,18H,8,10-16H2/t18-/m1/s1. The first-order valence-electron chi connectivity index (χ1n) is 10.8. The minimum atomic E-state index is 0.0652. The number of morpholine rings is 1. The molecule has 7 heteroatoms. The smallest absolute Gasteiger partial charge is 0.264 e. The summed E-state index contributed by atoms with van der Waals surface area (Å²) in [6.45, 7) is 3.76. The van der Waals surface area contributed by atoms with Gasteiger partial charge >= 0.3 is 0 Å². The van der Waals surface area contributed by atoms with Crippen LogP contribution in [0.2, 0.25) is 0 Å². The van der Waals surface area contributed by atoms with E-state index in [1.54, 1.807) is 6.20 Å². The van der Waals surface area contributed by atoms with E-state index in [1.807, 2.05) is 46.2 Å². The number of fused-ring (bicyclic) bond motifs is 1. The average molecular weight is 436 g/mol. The van der Waals surface area contributed by atoms with Gasteiger partial charge in [0.1, 0.15) is 4.83 Å². The lowest BCUT2D eigenvalue weighted by Gasteiger charge is -2.27. The number of hydrogen-bond donors (Lipinski definition) is 0. The first-order valence-corrected chi connectivity index (χ1v) is 11.6. The summed E-state index contributed by atoms with van der Waals surface area (Å²) < 4.78 is 5.42. The normalized spacial score (nSPS) is 19.2. The van der Waals surface area contributed by atoms with Crippen LogP contribution in [0, 0.1) is 0 Å². The first-order chi connectivity index (χ1) is 15.2. The molecule has 0 radical (unpaired) electrons. The van der Waals surface area contributed by atoms with Crippen LogP contribution in [0.1, 0.15) is 33.1 Å². The van der Waals surface area contributed by atoms with Crippen LogP contribution in [-0.2, 0) is 16.0 Å². The molecule has 1 atom stereocenters. The number of carbonyl (C=O) groups excluding carboxylic acids is 2. The molecular weight excluding hydrogens is 410 g/mol. The Morgan fingerprint density at radius 3 is 2.65 bits per heavy atom. The molecule has 0 spiro atoms. The molecule has 2 aromatic heterocycles. The molecule has 0 unspecified atom stereocenters. The number of aromatic nitrogens is 1. The Labute approximate surface area is 185 Å². The summed E-state index contributed by atoms with van der Waals surface area (Å²) in [6.07, 6.45) is 3.06. The molecule has 4 heterocycles. The topological polar surface area (TPSA) is 62.7 Å². The Morgan fingerprint density at radius 1 is 1.03 bits per heavy atom. The summed E-state index contributed by atoms with van der Waals surface area (Å²) in [7, 11) is 0. The summed E-state index contributed by atoms with van der Waals surface area (Å²) in [5, 5.41) is 1.05. The number of hydrogen-bond acceptors (Lipinski definition) is 5. The molecule has 2 saturated heterocycles.